The average molecular weight is 320 g/mol. The average Bonchev–Trinajstić information content (AvgIpc) is 2.64. The highest BCUT2D eigenvalue weighted by atomic mass is 16.5. The van der Waals surface area contributed by atoms with Crippen LogP contribution in [0.3, 0.4) is 0 Å². The summed E-state index contributed by atoms with van der Waals surface area (Å²) in [6.07, 6.45) is 4.83. The summed E-state index contributed by atoms with van der Waals surface area (Å²) in [6, 6.07) is 7.50. The zero-order chi connectivity index (χ0) is 16.8. The van der Waals surface area contributed by atoms with E-state index < -0.39 is 0 Å². The standard InChI is InChI=1S/C20H16O4/c1-23-19-13-9-5-6-10-14(13)20(24-2)16-15(19)17(21)11-7-3-4-8-12(11)18(16)22/h3-6,9-10H,7-8H2,1-2H3. The molecule has 4 heteroatoms. The van der Waals surface area contributed by atoms with Crippen molar-refractivity contribution < 1.29 is 19.1 Å². The van der Waals surface area contributed by atoms with Gasteiger partial charge in [0.15, 0.2) is 11.6 Å². The molecule has 0 saturated heterocycles. The first-order valence-electron chi connectivity index (χ1n) is 7.82. The predicted molar refractivity (Wildman–Crippen MR) is 91.1 cm³/mol. The Hall–Kier alpha value is -2.88. The van der Waals surface area contributed by atoms with Gasteiger partial charge in [0, 0.05) is 21.9 Å². The first-order valence-corrected chi connectivity index (χ1v) is 7.82. The van der Waals surface area contributed by atoms with Crippen LogP contribution in [0.5, 0.6) is 11.5 Å². The van der Waals surface area contributed by atoms with Crippen LogP contribution in [0.2, 0.25) is 0 Å². The second-order valence-corrected chi connectivity index (χ2v) is 5.86. The van der Waals surface area contributed by atoms with E-state index in [1.807, 2.05) is 36.4 Å². The molecular weight excluding hydrogens is 304 g/mol. The number of ketones is 2. The third-order valence-corrected chi connectivity index (χ3v) is 4.71. The van der Waals surface area contributed by atoms with E-state index in [2.05, 4.69) is 0 Å². The van der Waals surface area contributed by atoms with Crippen molar-refractivity contribution in [2.45, 2.75) is 12.8 Å². The van der Waals surface area contributed by atoms with Crippen LogP contribution in [0.15, 0.2) is 47.6 Å². The van der Waals surface area contributed by atoms with Crippen LogP contribution in [0.25, 0.3) is 10.8 Å². The van der Waals surface area contributed by atoms with Gasteiger partial charge in [0.05, 0.1) is 25.3 Å². The maximum atomic E-state index is 13.1. The molecule has 0 spiro atoms. The molecule has 0 aromatic heterocycles. The van der Waals surface area contributed by atoms with Gasteiger partial charge < -0.3 is 9.47 Å². The summed E-state index contributed by atoms with van der Waals surface area (Å²) in [6.45, 7) is 0. The summed E-state index contributed by atoms with van der Waals surface area (Å²) < 4.78 is 11.1. The molecule has 0 heterocycles. The molecule has 2 aromatic rings. The maximum Gasteiger partial charge on any atom is 0.194 e. The van der Waals surface area contributed by atoms with E-state index in [4.69, 9.17) is 9.47 Å². The van der Waals surface area contributed by atoms with Crippen molar-refractivity contribution >= 4 is 22.3 Å². The van der Waals surface area contributed by atoms with Crippen molar-refractivity contribution in [2.75, 3.05) is 14.2 Å². The number of ether oxygens (including phenoxy) is 2. The lowest BCUT2D eigenvalue weighted by Gasteiger charge is -2.26. The highest BCUT2D eigenvalue weighted by Crippen LogP contribution is 2.46. The molecule has 2 aliphatic rings. The minimum absolute atomic E-state index is 0.134. The monoisotopic (exact) mass is 320 g/mol. The Morgan fingerprint density at radius 1 is 0.750 bits per heavy atom. The van der Waals surface area contributed by atoms with E-state index in [-0.39, 0.29) is 11.6 Å². The van der Waals surface area contributed by atoms with Crippen LogP contribution in [-0.2, 0) is 0 Å². The number of allylic oxidation sites excluding steroid dienone is 4. The number of carbonyl (C=O) groups excluding carboxylic acids is 2. The van der Waals surface area contributed by atoms with Crippen LogP contribution >= 0.6 is 0 Å². The van der Waals surface area contributed by atoms with Crippen molar-refractivity contribution in [1.82, 2.24) is 0 Å². The number of benzene rings is 2. The molecule has 2 aliphatic carbocycles. The van der Waals surface area contributed by atoms with E-state index in [1.165, 1.54) is 14.2 Å². The van der Waals surface area contributed by atoms with Gasteiger partial charge in [-0.2, -0.15) is 0 Å². The minimum Gasteiger partial charge on any atom is -0.495 e. The first kappa shape index (κ1) is 14.7. The number of methoxy groups -OCH3 is 2. The maximum absolute atomic E-state index is 13.1. The molecule has 120 valence electrons. The number of hydrogen-bond acceptors (Lipinski definition) is 4. The summed E-state index contributed by atoms with van der Waals surface area (Å²) in [5, 5.41) is 1.54. The Kier molecular flexibility index (Phi) is 3.27. The summed E-state index contributed by atoms with van der Waals surface area (Å²) >= 11 is 0. The molecule has 0 N–H and O–H groups in total. The molecule has 0 radical (unpaired) electrons. The fourth-order valence-electron chi connectivity index (χ4n) is 3.64. The number of carbonyl (C=O) groups is 2. The molecule has 0 fully saturated rings. The lowest BCUT2D eigenvalue weighted by molar-refractivity contribution is 0.0966. The van der Waals surface area contributed by atoms with Crippen LogP contribution < -0.4 is 9.47 Å². The molecule has 0 saturated carbocycles. The lowest BCUT2D eigenvalue weighted by Crippen LogP contribution is -2.24. The fraction of sp³-hybridized carbons (Fsp3) is 0.200. The topological polar surface area (TPSA) is 52.6 Å². The van der Waals surface area contributed by atoms with Gasteiger partial charge in [-0.15, -0.1) is 0 Å². The fourth-order valence-corrected chi connectivity index (χ4v) is 3.64. The lowest BCUT2D eigenvalue weighted by atomic mass is 9.77. The van der Waals surface area contributed by atoms with E-state index in [0.717, 1.165) is 10.8 Å². The van der Waals surface area contributed by atoms with E-state index in [1.54, 1.807) is 0 Å². The van der Waals surface area contributed by atoms with Gasteiger partial charge in [0.2, 0.25) is 0 Å². The Morgan fingerprint density at radius 3 is 1.54 bits per heavy atom. The van der Waals surface area contributed by atoms with Gasteiger partial charge in [-0.1, -0.05) is 36.4 Å². The minimum atomic E-state index is -0.134. The third kappa shape index (κ3) is 1.80. The zero-order valence-corrected chi connectivity index (χ0v) is 13.5. The molecule has 4 rings (SSSR count). The van der Waals surface area contributed by atoms with Gasteiger partial charge >= 0.3 is 0 Å². The molecule has 0 amide bonds. The molecule has 2 aromatic carbocycles. The SMILES string of the molecule is COc1c2c(c(OC)c3ccccc13)C(=O)C1=C(CC=CC1)C2=O. The normalized spacial score (nSPS) is 16.2. The van der Waals surface area contributed by atoms with Gasteiger partial charge in [-0.05, 0) is 12.8 Å². The smallest absolute Gasteiger partial charge is 0.194 e. The number of Topliss-reactive ketones (excluding diaryl/α,β-unsaturated/α-hetero) is 2. The number of rotatable bonds is 2. The molecular formula is C20H16O4. The second-order valence-electron chi connectivity index (χ2n) is 5.86. The van der Waals surface area contributed by atoms with Crippen LogP contribution in [0.1, 0.15) is 33.6 Å². The van der Waals surface area contributed by atoms with E-state index in [0.29, 0.717) is 46.6 Å². The molecule has 0 bridgehead atoms. The van der Waals surface area contributed by atoms with Crippen molar-refractivity contribution in [3.63, 3.8) is 0 Å². The Balaban J connectivity index is 2.15. The largest absolute Gasteiger partial charge is 0.495 e. The Bertz CT molecular complexity index is 887. The Labute approximate surface area is 139 Å². The molecule has 4 nitrogen and oxygen atoms in total. The Morgan fingerprint density at radius 2 is 1.17 bits per heavy atom. The second kappa shape index (κ2) is 5.34. The quantitative estimate of drug-likeness (QED) is 0.788. The highest BCUT2D eigenvalue weighted by molar-refractivity contribution is 6.31. The molecule has 0 aliphatic heterocycles. The van der Waals surface area contributed by atoms with Crippen molar-refractivity contribution in [2.24, 2.45) is 0 Å². The zero-order valence-electron chi connectivity index (χ0n) is 13.5. The van der Waals surface area contributed by atoms with Crippen molar-refractivity contribution in [1.29, 1.82) is 0 Å². The molecule has 0 unspecified atom stereocenters. The van der Waals surface area contributed by atoms with Crippen molar-refractivity contribution in [3.8, 4) is 11.5 Å². The van der Waals surface area contributed by atoms with E-state index >= 15 is 0 Å². The number of fused-ring (bicyclic) bond motifs is 2. The van der Waals surface area contributed by atoms with Gasteiger partial charge in [0.25, 0.3) is 0 Å². The molecule has 24 heavy (non-hydrogen) atoms. The van der Waals surface area contributed by atoms with Crippen LogP contribution in [-0.4, -0.2) is 25.8 Å². The van der Waals surface area contributed by atoms with Crippen LogP contribution in [0, 0.1) is 0 Å². The summed E-state index contributed by atoms with van der Waals surface area (Å²) in [4.78, 5) is 26.2. The first-order chi connectivity index (χ1) is 11.7. The van der Waals surface area contributed by atoms with E-state index in [9.17, 15) is 9.59 Å². The number of hydrogen-bond donors (Lipinski definition) is 0. The highest BCUT2D eigenvalue weighted by Gasteiger charge is 2.38. The van der Waals surface area contributed by atoms with Gasteiger partial charge in [-0.25, -0.2) is 0 Å². The van der Waals surface area contributed by atoms with Crippen molar-refractivity contribution in [3.05, 3.63) is 58.7 Å². The summed E-state index contributed by atoms with van der Waals surface area (Å²) in [5.41, 5.74) is 1.80. The van der Waals surface area contributed by atoms with Gasteiger partial charge in [0.1, 0.15) is 11.5 Å². The predicted octanol–water partition coefficient (Wildman–Crippen LogP) is 3.88. The third-order valence-electron chi connectivity index (χ3n) is 4.71. The summed E-state index contributed by atoms with van der Waals surface area (Å²) in [5.74, 6) is 0.622. The summed E-state index contributed by atoms with van der Waals surface area (Å²) in [7, 11) is 3.05. The van der Waals surface area contributed by atoms with Crippen LogP contribution in [0.4, 0.5) is 0 Å². The van der Waals surface area contributed by atoms with Gasteiger partial charge in [-0.3, -0.25) is 9.59 Å². The molecule has 0 atom stereocenters.